The van der Waals surface area contributed by atoms with Crippen LogP contribution in [0.15, 0.2) is 51.7 Å². The van der Waals surface area contributed by atoms with Crippen LogP contribution in [0.4, 0.5) is 0 Å². The summed E-state index contributed by atoms with van der Waals surface area (Å²) in [6.07, 6.45) is 6.57. The Morgan fingerprint density at radius 3 is 2.26 bits per heavy atom. The van der Waals surface area contributed by atoms with Crippen LogP contribution in [0, 0.1) is 11.3 Å². The third-order valence-corrected chi connectivity index (χ3v) is 9.55. The highest BCUT2D eigenvalue weighted by Gasteiger charge is 2.49. The maximum absolute atomic E-state index is 14.1. The zero-order valence-electron chi connectivity index (χ0n) is 26.5. The molecule has 1 saturated carbocycles. The van der Waals surface area contributed by atoms with Crippen LogP contribution in [-0.2, 0) is 16.0 Å². The average molecular weight is 652 g/mol. The molecule has 0 unspecified atom stereocenters. The molecule has 0 radical (unpaired) electrons. The van der Waals surface area contributed by atoms with Gasteiger partial charge in [0.15, 0.2) is 22.7 Å². The van der Waals surface area contributed by atoms with Gasteiger partial charge in [0, 0.05) is 42.2 Å². The first-order valence-corrected chi connectivity index (χ1v) is 16.3. The highest BCUT2D eigenvalue weighted by atomic mass is 35.5. The van der Waals surface area contributed by atoms with E-state index in [1.807, 2.05) is 20.8 Å². The van der Waals surface area contributed by atoms with Crippen molar-refractivity contribution in [2.24, 2.45) is 11.3 Å². The van der Waals surface area contributed by atoms with Gasteiger partial charge in [0.2, 0.25) is 11.8 Å². The summed E-state index contributed by atoms with van der Waals surface area (Å²) in [7, 11) is 0. The number of carbonyl (C=O) groups excluding carboxylic acids is 3. The fourth-order valence-corrected chi connectivity index (χ4v) is 6.99. The molecule has 1 aliphatic heterocycles. The van der Waals surface area contributed by atoms with Crippen LogP contribution in [0.3, 0.4) is 0 Å². The standard InChI is InChI=1S/C35H42ClN3O7/c1-34(2,3)38-33(45)35(22-7-5-4-6-8-22)13-15-39(16-14-35)32(44)25(17-21-9-11-23(36)12-10-21)37-31(43)30-19-26(40)24-18-27(41)28(42)20-29(24)46-30/h9-12,18-20,22,25,41-42H,4-8,13-17H2,1-3H3,(H,37,43)(H,38,45)/t25-/m1/s1. The van der Waals surface area contributed by atoms with Crippen molar-refractivity contribution in [3.05, 3.63) is 69.0 Å². The Hall–Kier alpha value is -4.05. The lowest BCUT2D eigenvalue weighted by molar-refractivity contribution is -0.147. The van der Waals surface area contributed by atoms with Crippen LogP contribution >= 0.6 is 11.6 Å². The Bertz CT molecular complexity index is 1660. The van der Waals surface area contributed by atoms with Crippen molar-refractivity contribution in [3.63, 3.8) is 0 Å². The number of nitrogens with zero attached hydrogens (tertiary/aromatic N) is 1. The third kappa shape index (κ3) is 7.33. The van der Waals surface area contributed by atoms with Gasteiger partial charge in [-0.1, -0.05) is 43.0 Å². The van der Waals surface area contributed by atoms with Crippen molar-refractivity contribution in [1.82, 2.24) is 15.5 Å². The van der Waals surface area contributed by atoms with E-state index in [-0.39, 0.29) is 46.4 Å². The Morgan fingerprint density at radius 2 is 1.63 bits per heavy atom. The van der Waals surface area contributed by atoms with Crippen molar-refractivity contribution in [3.8, 4) is 11.5 Å². The molecule has 3 amide bonds. The van der Waals surface area contributed by atoms with Gasteiger partial charge < -0.3 is 30.2 Å². The Morgan fingerprint density at radius 1 is 1.00 bits per heavy atom. The number of rotatable bonds is 7. The lowest BCUT2D eigenvalue weighted by Crippen LogP contribution is -2.59. The summed E-state index contributed by atoms with van der Waals surface area (Å²) >= 11 is 6.08. The first-order valence-electron chi connectivity index (χ1n) is 15.9. The molecule has 246 valence electrons. The number of phenolic OH excluding ortho intramolecular Hbond substituents is 2. The number of benzene rings is 2. The van der Waals surface area contributed by atoms with E-state index in [0.717, 1.165) is 49.4 Å². The Kier molecular flexibility index (Phi) is 9.67. The van der Waals surface area contributed by atoms with Gasteiger partial charge in [-0.15, -0.1) is 0 Å². The van der Waals surface area contributed by atoms with Gasteiger partial charge in [0.05, 0.1) is 10.8 Å². The van der Waals surface area contributed by atoms with Gasteiger partial charge in [0.1, 0.15) is 11.6 Å². The van der Waals surface area contributed by atoms with Crippen LogP contribution in [0.1, 0.15) is 81.8 Å². The third-order valence-electron chi connectivity index (χ3n) is 9.30. The molecule has 2 fully saturated rings. The van der Waals surface area contributed by atoms with E-state index in [4.69, 9.17) is 16.0 Å². The van der Waals surface area contributed by atoms with Gasteiger partial charge in [-0.3, -0.25) is 19.2 Å². The summed E-state index contributed by atoms with van der Waals surface area (Å²) in [4.78, 5) is 55.9. The molecule has 3 aromatic rings. The lowest BCUT2D eigenvalue weighted by Gasteiger charge is -2.48. The molecular formula is C35H42ClN3O7. The first-order chi connectivity index (χ1) is 21.8. The van der Waals surface area contributed by atoms with Gasteiger partial charge in [0.25, 0.3) is 5.91 Å². The predicted molar refractivity (Wildman–Crippen MR) is 175 cm³/mol. The van der Waals surface area contributed by atoms with Crippen LogP contribution in [0.5, 0.6) is 11.5 Å². The fraction of sp³-hybridized carbons (Fsp3) is 0.486. The number of hydrogen-bond acceptors (Lipinski definition) is 7. The average Bonchev–Trinajstić information content (AvgIpc) is 3.02. The number of hydrogen-bond donors (Lipinski definition) is 4. The Balaban J connectivity index is 1.39. The molecule has 2 heterocycles. The van der Waals surface area contributed by atoms with E-state index in [2.05, 4.69) is 10.6 Å². The monoisotopic (exact) mass is 651 g/mol. The number of phenols is 2. The second kappa shape index (κ2) is 13.4. The molecule has 10 nitrogen and oxygen atoms in total. The van der Waals surface area contributed by atoms with Crippen LogP contribution in [0.2, 0.25) is 5.02 Å². The van der Waals surface area contributed by atoms with E-state index in [9.17, 15) is 29.4 Å². The molecule has 0 spiro atoms. The van der Waals surface area contributed by atoms with Gasteiger partial charge in [-0.2, -0.15) is 0 Å². The van der Waals surface area contributed by atoms with Crippen molar-refractivity contribution in [2.75, 3.05) is 13.1 Å². The molecule has 1 aliphatic carbocycles. The van der Waals surface area contributed by atoms with E-state index < -0.39 is 34.3 Å². The number of piperidine rings is 1. The fourth-order valence-electron chi connectivity index (χ4n) is 6.86. The smallest absolute Gasteiger partial charge is 0.287 e. The minimum absolute atomic E-state index is 0.00842. The summed E-state index contributed by atoms with van der Waals surface area (Å²) in [5.41, 5.74) is -0.852. The molecule has 46 heavy (non-hydrogen) atoms. The lowest BCUT2D eigenvalue weighted by atomic mass is 9.63. The zero-order chi connectivity index (χ0) is 33.2. The molecule has 0 bridgehead atoms. The van der Waals surface area contributed by atoms with E-state index >= 15 is 0 Å². The van der Waals surface area contributed by atoms with Gasteiger partial charge in [-0.05, 0) is 76.1 Å². The van der Waals surface area contributed by atoms with Crippen LogP contribution < -0.4 is 16.1 Å². The second-order valence-corrected chi connectivity index (χ2v) is 14.1. The minimum Gasteiger partial charge on any atom is -0.504 e. The Labute approximate surface area is 273 Å². The SMILES string of the molecule is CC(C)(C)NC(=O)C1(C2CCCCC2)CCN(C(=O)[C@@H](Cc2ccc(Cl)cc2)NC(=O)c2cc(=O)c3cc(O)c(O)cc3o2)CC1. The summed E-state index contributed by atoms with van der Waals surface area (Å²) in [5.74, 6) is -2.12. The van der Waals surface area contributed by atoms with E-state index in [0.29, 0.717) is 31.0 Å². The molecule has 1 aromatic heterocycles. The maximum atomic E-state index is 14.1. The molecule has 11 heteroatoms. The molecule has 1 atom stereocenters. The maximum Gasteiger partial charge on any atom is 0.287 e. The minimum atomic E-state index is -1.01. The topological polar surface area (TPSA) is 149 Å². The number of aromatic hydroxyl groups is 2. The largest absolute Gasteiger partial charge is 0.504 e. The number of fused-ring (bicyclic) bond motifs is 1. The summed E-state index contributed by atoms with van der Waals surface area (Å²) in [6, 6.07) is 9.08. The molecule has 4 N–H and O–H groups in total. The van der Waals surface area contributed by atoms with Crippen LogP contribution in [0.25, 0.3) is 11.0 Å². The number of halogens is 1. The van der Waals surface area contributed by atoms with Crippen molar-refractivity contribution >= 4 is 40.3 Å². The molecule has 2 aromatic carbocycles. The van der Waals surface area contributed by atoms with E-state index in [1.165, 1.54) is 6.42 Å². The molecular weight excluding hydrogens is 610 g/mol. The van der Waals surface area contributed by atoms with Gasteiger partial charge in [-0.25, -0.2) is 0 Å². The summed E-state index contributed by atoms with van der Waals surface area (Å²) in [6.45, 7) is 6.67. The number of nitrogens with one attached hydrogen (secondary N) is 2. The normalized spacial score (nSPS) is 17.8. The predicted octanol–water partition coefficient (Wildman–Crippen LogP) is 5.30. The second-order valence-electron chi connectivity index (χ2n) is 13.7. The number of likely N-dealkylation sites (tertiary alicyclic amines) is 1. The number of carbonyl (C=O) groups is 3. The van der Waals surface area contributed by atoms with Crippen molar-refractivity contribution in [1.29, 1.82) is 0 Å². The summed E-state index contributed by atoms with van der Waals surface area (Å²) in [5, 5.41) is 26.2. The van der Waals surface area contributed by atoms with Crippen LogP contribution in [-0.4, -0.2) is 57.5 Å². The van der Waals surface area contributed by atoms with Gasteiger partial charge >= 0.3 is 0 Å². The number of amides is 3. The van der Waals surface area contributed by atoms with Crippen molar-refractivity contribution < 1.29 is 29.0 Å². The quantitative estimate of drug-likeness (QED) is 0.253. The highest BCUT2D eigenvalue weighted by Crippen LogP contribution is 2.46. The summed E-state index contributed by atoms with van der Waals surface area (Å²) < 4.78 is 5.62. The van der Waals surface area contributed by atoms with E-state index in [1.54, 1.807) is 29.2 Å². The molecule has 5 rings (SSSR count). The van der Waals surface area contributed by atoms with Crippen molar-refractivity contribution in [2.45, 2.75) is 83.7 Å². The highest BCUT2D eigenvalue weighted by molar-refractivity contribution is 6.30. The first kappa shape index (κ1) is 33.3. The molecule has 1 saturated heterocycles. The zero-order valence-corrected chi connectivity index (χ0v) is 27.3. The molecule has 2 aliphatic rings.